The molecule has 1 saturated heterocycles. The summed E-state index contributed by atoms with van der Waals surface area (Å²) in [5.41, 5.74) is 0.366. The molecule has 3 aromatic carbocycles. The standard InChI is InChI=1S/C25H20F5N3O2S/c26-18-19(27)21(29)23(22(30)20(18)28)32-10-12-33(13-11-32)25(36)31-24(34)16-6-8-17(9-7-16)35-14-15-4-2-1-3-5-15/h1-9H,10-14H2,(H,31,34,36). The molecule has 0 radical (unpaired) electrons. The largest absolute Gasteiger partial charge is 0.489 e. The van der Waals surface area contributed by atoms with Crippen molar-refractivity contribution in [3.8, 4) is 5.75 Å². The second-order valence-corrected chi connectivity index (χ2v) is 8.34. The molecule has 36 heavy (non-hydrogen) atoms. The van der Waals surface area contributed by atoms with Crippen LogP contribution in [0, 0.1) is 29.1 Å². The summed E-state index contributed by atoms with van der Waals surface area (Å²) in [5.74, 6) is -9.83. The third-order valence-corrected chi connectivity index (χ3v) is 6.02. The molecular weight excluding hydrogens is 501 g/mol. The van der Waals surface area contributed by atoms with Gasteiger partial charge in [0.15, 0.2) is 28.4 Å². The number of hydrogen-bond acceptors (Lipinski definition) is 4. The molecule has 0 aliphatic carbocycles. The topological polar surface area (TPSA) is 44.8 Å². The van der Waals surface area contributed by atoms with Crippen LogP contribution in [-0.2, 0) is 6.61 Å². The van der Waals surface area contributed by atoms with Gasteiger partial charge in [-0.05, 0) is 42.0 Å². The Morgan fingerprint density at radius 2 is 1.36 bits per heavy atom. The van der Waals surface area contributed by atoms with Gasteiger partial charge in [-0.15, -0.1) is 0 Å². The van der Waals surface area contributed by atoms with Crippen molar-refractivity contribution >= 4 is 28.9 Å². The van der Waals surface area contributed by atoms with Gasteiger partial charge in [0, 0.05) is 31.7 Å². The van der Waals surface area contributed by atoms with Crippen molar-refractivity contribution in [3.05, 3.63) is 94.8 Å². The molecule has 5 nitrogen and oxygen atoms in total. The molecule has 0 bridgehead atoms. The zero-order chi connectivity index (χ0) is 25.8. The van der Waals surface area contributed by atoms with Gasteiger partial charge in [0.1, 0.15) is 18.0 Å². The maximum absolute atomic E-state index is 14.1. The number of hydrogen-bond donors (Lipinski definition) is 1. The molecule has 3 aromatic rings. The van der Waals surface area contributed by atoms with Crippen molar-refractivity contribution in [3.63, 3.8) is 0 Å². The number of anilines is 1. The zero-order valence-corrected chi connectivity index (χ0v) is 19.6. The summed E-state index contributed by atoms with van der Waals surface area (Å²) in [6.45, 7) is 0.451. The average molecular weight is 522 g/mol. The van der Waals surface area contributed by atoms with Gasteiger partial charge in [-0.3, -0.25) is 10.1 Å². The smallest absolute Gasteiger partial charge is 0.257 e. The minimum absolute atomic E-state index is 0.0676. The van der Waals surface area contributed by atoms with E-state index >= 15 is 0 Å². The number of ether oxygens (including phenoxy) is 1. The van der Waals surface area contributed by atoms with E-state index in [1.165, 1.54) is 0 Å². The van der Waals surface area contributed by atoms with Crippen molar-refractivity contribution in [1.29, 1.82) is 0 Å². The number of rotatable bonds is 5. The minimum Gasteiger partial charge on any atom is -0.489 e. The van der Waals surface area contributed by atoms with Crippen LogP contribution in [-0.4, -0.2) is 42.1 Å². The van der Waals surface area contributed by atoms with Crippen LogP contribution in [0.5, 0.6) is 5.75 Å². The van der Waals surface area contributed by atoms with E-state index in [-0.39, 0.29) is 31.3 Å². The summed E-state index contributed by atoms with van der Waals surface area (Å²) in [6, 6.07) is 16.1. The second-order valence-electron chi connectivity index (χ2n) is 7.95. The van der Waals surface area contributed by atoms with E-state index in [2.05, 4.69) is 5.32 Å². The summed E-state index contributed by atoms with van der Waals surface area (Å²) >= 11 is 5.27. The normalized spacial score (nSPS) is 13.5. The van der Waals surface area contributed by atoms with Crippen molar-refractivity contribution in [2.75, 3.05) is 31.1 Å². The van der Waals surface area contributed by atoms with Gasteiger partial charge in [0.05, 0.1) is 0 Å². The summed E-state index contributed by atoms with van der Waals surface area (Å²) in [7, 11) is 0. The monoisotopic (exact) mass is 521 g/mol. The van der Waals surface area contributed by atoms with Gasteiger partial charge < -0.3 is 14.5 Å². The molecular formula is C25H20F5N3O2S. The molecule has 0 unspecified atom stereocenters. The minimum atomic E-state index is -2.20. The number of nitrogens with zero attached hydrogens (tertiary/aromatic N) is 2. The SMILES string of the molecule is O=C(NC(=S)N1CCN(c2c(F)c(F)c(F)c(F)c2F)CC1)c1ccc(OCc2ccccc2)cc1. The third kappa shape index (κ3) is 5.40. The van der Waals surface area contributed by atoms with Gasteiger partial charge in [-0.25, -0.2) is 22.0 Å². The Bertz CT molecular complexity index is 1240. The third-order valence-electron chi connectivity index (χ3n) is 5.66. The second kappa shape index (κ2) is 10.9. The summed E-state index contributed by atoms with van der Waals surface area (Å²) < 4.78 is 74.3. The fourth-order valence-electron chi connectivity index (χ4n) is 3.70. The molecule has 0 saturated carbocycles. The van der Waals surface area contributed by atoms with E-state index in [0.29, 0.717) is 17.9 Å². The van der Waals surface area contributed by atoms with E-state index in [0.717, 1.165) is 10.5 Å². The lowest BCUT2D eigenvalue weighted by Gasteiger charge is -2.37. The molecule has 1 heterocycles. The highest BCUT2D eigenvalue weighted by molar-refractivity contribution is 7.80. The number of thiocarbonyl (C=S) groups is 1. The Balaban J connectivity index is 1.31. The molecule has 1 N–H and O–H groups in total. The molecule has 0 atom stereocenters. The molecule has 11 heteroatoms. The van der Waals surface area contributed by atoms with Crippen LogP contribution in [0.2, 0.25) is 0 Å². The first-order valence-electron chi connectivity index (χ1n) is 10.9. The Morgan fingerprint density at radius 3 is 1.94 bits per heavy atom. The van der Waals surface area contributed by atoms with Crippen molar-refractivity contribution in [2.24, 2.45) is 0 Å². The number of benzene rings is 3. The highest BCUT2D eigenvalue weighted by Crippen LogP contribution is 2.30. The quantitative estimate of drug-likeness (QED) is 0.226. The van der Waals surface area contributed by atoms with Crippen LogP contribution < -0.4 is 15.0 Å². The molecule has 1 amide bonds. The van der Waals surface area contributed by atoms with Gasteiger partial charge in [0.25, 0.3) is 5.91 Å². The first-order valence-corrected chi connectivity index (χ1v) is 11.3. The highest BCUT2D eigenvalue weighted by Gasteiger charge is 2.31. The molecule has 1 fully saturated rings. The van der Waals surface area contributed by atoms with Gasteiger partial charge >= 0.3 is 0 Å². The Morgan fingerprint density at radius 1 is 0.806 bits per heavy atom. The maximum atomic E-state index is 14.1. The summed E-state index contributed by atoms with van der Waals surface area (Å²) in [4.78, 5) is 15.2. The number of halogens is 5. The van der Waals surface area contributed by atoms with Gasteiger partial charge in [-0.1, -0.05) is 30.3 Å². The maximum Gasteiger partial charge on any atom is 0.257 e. The van der Waals surface area contributed by atoms with Gasteiger partial charge in [-0.2, -0.15) is 0 Å². The molecule has 1 aliphatic rings. The predicted molar refractivity (Wildman–Crippen MR) is 127 cm³/mol. The summed E-state index contributed by atoms with van der Waals surface area (Å²) in [6.07, 6.45) is 0. The average Bonchev–Trinajstić information content (AvgIpc) is 2.91. The van der Waals surface area contributed by atoms with E-state index in [1.807, 2.05) is 30.3 Å². The van der Waals surface area contributed by atoms with Crippen LogP contribution in [0.4, 0.5) is 27.6 Å². The van der Waals surface area contributed by atoms with Crippen molar-refractivity contribution < 1.29 is 31.5 Å². The number of nitrogens with one attached hydrogen (secondary N) is 1. The lowest BCUT2D eigenvalue weighted by Crippen LogP contribution is -2.53. The lowest BCUT2D eigenvalue weighted by molar-refractivity contribution is 0.0973. The first-order chi connectivity index (χ1) is 17.3. The molecule has 0 aromatic heterocycles. The Labute approximate surface area is 209 Å². The van der Waals surface area contributed by atoms with E-state index in [4.69, 9.17) is 17.0 Å². The zero-order valence-electron chi connectivity index (χ0n) is 18.7. The van der Waals surface area contributed by atoms with Crippen LogP contribution in [0.15, 0.2) is 54.6 Å². The molecule has 4 rings (SSSR count). The van der Waals surface area contributed by atoms with Crippen molar-refractivity contribution in [1.82, 2.24) is 10.2 Å². The van der Waals surface area contributed by atoms with Crippen molar-refractivity contribution in [2.45, 2.75) is 6.61 Å². The number of amides is 1. The van der Waals surface area contributed by atoms with E-state index in [9.17, 15) is 26.7 Å². The molecule has 188 valence electrons. The van der Waals surface area contributed by atoms with Crippen LogP contribution in [0.25, 0.3) is 0 Å². The van der Waals surface area contributed by atoms with E-state index < -0.39 is 40.7 Å². The predicted octanol–water partition coefficient (Wildman–Crippen LogP) is 4.80. The molecule has 0 spiro atoms. The fraction of sp³-hybridized carbons (Fsp3) is 0.200. The van der Waals surface area contributed by atoms with Gasteiger partial charge in [0.2, 0.25) is 5.82 Å². The Kier molecular flexibility index (Phi) is 7.68. The first kappa shape index (κ1) is 25.4. The number of piperazine rings is 1. The number of carbonyl (C=O) groups is 1. The fourth-order valence-corrected chi connectivity index (χ4v) is 3.97. The van der Waals surface area contributed by atoms with Crippen LogP contribution in [0.1, 0.15) is 15.9 Å². The number of carbonyl (C=O) groups excluding carboxylic acids is 1. The molecule has 1 aliphatic heterocycles. The Hall–Kier alpha value is -3.73. The van der Waals surface area contributed by atoms with E-state index in [1.54, 1.807) is 29.2 Å². The highest BCUT2D eigenvalue weighted by atomic mass is 32.1. The lowest BCUT2D eigenvalue weighted by atomic mass is 10.2. The van der Waals surface area contributed by atoms with Crippen LogP contribution >= 0.6 is 12.2 Å². The van der Waals surface area contributed by atoms with Crippen LogP contribution in [0.3, 0.4) is 0 Å². The summed E-state index contributed by atoms with van der Waals surface area (Å²) in [5, 5.41) is 2.67.